The molecule has 0 aliphatic heterocycles. The van der Waals surface area contributed by atoms with Crippen LogP contribution in [-0.4, -0.2) is 29.3 Å². The summed E-state index contributed by atoms with van der Waals surface area (Å²) in [5.41, 5.74) is -6.60. The van der Waals surface area contributed by atoms with E-state index in [4.69, 9.17) is 5.11 Å². The van der Waals surface area contributed by atoms with E-state index < -0.39 is 23.7 Å². The van der Waals surface area contributed by atoms with E-state index in [1.807, 2.05) is 0 Å². The van der Waals surface area contributed by atoms with Crippen molar-refractivity contribution in [2.75, 3.05) is 0 Å². The van der Waals surface area contributed by atoms with Gasteiger partial charge in [0.25, 0.3) is 5.60 Å². The minimum atomic E-state index is -5.94. The number of nitrogens with zero attached hydrogens (tertiary/aromatic N) is 1. The van der Waals surface area contributed by atoms with Crippen molar-refractivity contribution in [2.45, 2.75) is 24.9 Å². The third-order valence-electron chi connectivity index (χ3n) is 1.74. The Morgan fingerprint density at radius 3 is 1.76 bits per heavy atom. The smallest absolute Gasteiger partial charge is 0.368 e. The Kier molecular flexibility index (Phi) is 4.53. The van der Waals surface area contributed by atoms with Gasteiger partial charge < -0.3 is 5.11 Å². The third-order valence-corrected chi connectivity index (χ3v) is 1.74. The summed E-state index contributed by atoms with van der Waals surface area (Å²) in [5, 5.41) is 8.93. The molecule has 0 aliphatic carbocycles. The van der Waals surface area contributed by atoms with Crippen molar-refractivity contribution in [1.29, 1.82) is 0 Å². The van der Waals surface area contributed by atoms with E-state index in [1.54, 1.807) is 0 Å². The SMILES string of the molecule is C=C/C=C(\N=CC)C(O)(C(F)(F)F)C(F)(F)F. The highest BCUT2D eigenvalue weighted by Gasteiger charge is 2.72. The van der Waals surface area contributed by atoms with Crippen molar-refractivity contribution in [2.24, 2.45) is 4.99 Å². The maximum Gasteiger partial charge on any atom is 0.432 e. The Morgan fingerprint density at radius 2 is 1.53 bits per heavy atom. The molecule has 0 aromatic heterocycles. The van der Waals surface area contributed by atoms with Crippen LogP contribution in [0.5, 0.6) is 0 Å². The number of alkyl halides is 6. The largest absolute Gasteiger partial charge is 0.432 e. The van der Waals surface area contributed by atoms with E-state index in [0.29, 0.717) is 18.4 Å². The van der Waals surface area contributed by atoms with Gasteiger partial charge in [-0.25, -0.2) is 0 Å². The van der Waals surface area contributed by atoms with E-state index in [9.17, 15) is 26.3 Å². The molecule has 0 spiro atoms. The van der Waals surface area contributed by atoms with Gasteiger partial charge in [-0.15, -0.1) is 0 Å². The second-order valence-electron chi connectivity index (χ2n) is 2.88. The lowest BCUT2D eigenvalue weighted by molar-refractivity contribution is -0.352. The van der Waals surface area contributed by atoms with Crippen molar-refractivity contribution in [1.82, 2.24) is 0 Å². The molecule has 0 atom stereocenters. The van der Waals surface area contributed by atoms with Crippen LogP contribution in [0.2, 0.25) is 0 Å². The van der Waals surface area contributed by atoms with Gasteiger partial charge >= 0.3 is 12.4 Å². The van der Waals surface area contributed by atoms with Crippen LogP contribution in [0.25, 0.3) is 0 Å². The van der Waals surface area contributed by atoms with Crippen LogP contribution in [0.4, 0.5) is 26.3 Å². The predicted octanol–water partition coefficient (Wildman–Crippen LogP) is 3.00. The molecule has 0 aliphatic rings. The van der Waals surface area contributed by atoms with Gasteiger partial charge in [0.1, 0.15) is 0 Å². The highest BCUT2D eigenvalue weighted by atomic mass is 19.4. The fourth-order valence-corrected chi connectivity index (χ4v) is 0.959. The molecule has 0 radical (unpaired) electrons. The van der Waals surface area contributed by atoms with Crippen molar-refractivity contribution >= 4 is 6.21 Å². The zero-order valence-corrected chi connectivity index (χ0v) is 8.60. The highest BCUT2D eigenvalue weighted by Crippen LogP contribution is 2.47. The second-order valence-corrected chi connectivity index (χ2v) is 2.88. The summed E-state index contributed by atoms with van der Waals surface area (Å²) >= 11 is 0. The first-order valence-electron chi connectivity index (χ1n) is 4.20. The molecule has 0 unspecified atom stereocenters. The minimum absolute atomic E-state index is 0.348. The molecule has 0 aromatic carbocycles. The Balaban J connectivity index is 5.96. The maximum absolute atomic E-state index is 12.4. The lowest BCUT2D eigenvalue weighted by Crippen LogP contribution is -2.57. The second kappa shape index (κ2) is 4.91. The maximum atomic E-state index is 12.4. The van der Waals surface area contributed by atoms with Crippen molar-refractivity contribution in [3.8, 4) is 0 Å². The molecule has 8 heteroatoms. The number of hydrogen-bond acceptors (Lipinski definition) is 2. The molecule has 0 amide bonds. The van der Waals surface area contributed by atoms with E-state index in [-0.39, 0.29) is 0 Å². The molecule has 17 heavy (non-hydrogen) atoms. The number of rotatable bonds is 3. The van der Waals surface area contributed by atoms with E-state index in [0.717, 1.165) is 6.92 Å². The van der Waals surface area contributed by atoms with Crippen molar-refractivity contribution < 1.29 is 31.4 Å². The lowest BCUT2D eigenvalue weighted by atomic mass is 9.97. The van der Waals surface area contributed by atoms with Crippen LogP contribution in [0, 0.1) is 0 Å². The summed E-state index contributed by atoms with van der Waals surface area (Å²) in [5.74, 6) is 0. The number of aliphatic hydroxyl groups is 1. The Morgan fingerprint density at radius 1 is 1.12 bits per heavy atom. The Hall–Kier alpha value is -1.31. The standard InChI is InChI=1S/C9H9F6NO/c1-3-5-6(16-4-2)7(17,8(10,11)12)9(13,14)15/h3-5,17H,1H2,2H3/b6-5-,16-4?. The van der Waals surface area contributed by atoms with Gasteiger partial charge in [0.15, 0.2) is 0 Å². The normalized spacial score (nSPS) is 15.4. The number of halogens is 6. The molecular weight excluding hydrogens is 252 g/mol. The molecule has 0 rings (SSSR count). The van der Waals surface area contributed by atoms with E-state index in [1.165, 1.54) is 0 Å². The van der Waals surface area contributed by atoms with Crippen molar-refractivity contribution in [3.05, 3.63) is 24.4 Å². The number of hydrogen-bond donors (Lipinski definition) is 1. The fourth-order valence-electron chi connectivity index (χ4n) is 0.959. The van der Waals surface area contributed by atoms with Gasteiger partial charge in [-0.05, 0) is 13.0 Å². The first-order valence-corrected chi connectivity index (χ1v) is 4.20. The molecule has 1 N–H and O–H groups in total. The summed E-state index contributed by atoms with van der Waals surface area (Å²) in [7, 11) is 0. The molecule has 0 bridgehead atoms. The van der Waals surface area contributed by atoms with Crippen molar-refractivity contribution in [3.63, 3.8) is 0 Å². The lowest BCUT2D eigenvalue weighted by Gasteiger charge is -2.32. The van der Waals surface area contributed by atoms with Crippen LogP contribution < -0.4 is 0 Å². The third kappa shape index (κ3) is 2.87. The quantitative estimate of drug-likeness (QED) is 0.473. The molecule has 2 nitrogen and oxygen atoms in total. The first kappa shape index (κ1) is 15.7. The monoisotopic (exact) mass is 261 g/mol. The summed E-state index contributed by atoms with van der Waals surface area (Å²) in [6.07, 6.45) is -10.2. The zero-order valence-electron chi connectivity index (χ0n) is 8.60. The highest BCUT2D eigenvalue weighted by molar-refractivity contribution is 5.56. The zero-order chi connectivity index (χ0) is 13.9. The van der Waals surface area contributed by atoms with Crippen LogP contribution in [0.1, 0.15) is 6.92 Å². The molecule has 98 valence electrons. The summed E-state index contributed by atoms with van der Waals surface area (Å²) in [6, 6.07) is 0. The molecular formula is C9H9F6NO. The molecule has 0 saturated heterocycles. The van der Waals surface area contributed by atoms with E-state index in [2.05, 4.69) is 11.6 Å². The minimum Gasteiger partial charge on any atom is -0.368 e. The van der Waals surface area contributed by atoms with E-state index >= 15 is 0 Å². The fraction of sp³-hybridized carbons (Fsp3) is 0.444. The molecule has 0 aromatic rings. The van der Waals surface area contributed by atoms with Gasteiger partial charge in [-0.1, -0.05) is 12.7 Å². The molecule has 0 fully saturated rings. The van der Waals surface area contributed by atoms with Gasteiger partial charge in [0, 0.05) is 6.21 Å². The molecule has 0 heterocycles. The van der Waals surface area contributed by atoms with Gasteiger partial charge in [-0.2, -0.15) is 26.3 Å². The average molecular weight is 261 g/mol. The Bertz CT molecular complexity index is 324. The van der Waals surface area contributed by atoms with Gasteiger partial charge in [0.05, 0.1) is 5.70 Å². The summed E-state index contributed by atoms with van der Waals surface area (Å²) < 4.78 is 74.3. The summed E-state index contributed by atoms with van der Waals surface area (Å²) in [4.78, 5) is 2.89. The van der Waals surface area contributed by atoms with Gasteiger partial charge in [0.2, 0.25) is 0 Å². The van der Waals surface area contributed by atoms with Gasteiger partial charge in [-0.3, -0.25) is 4.99 Å². The molecule has 0 saturated carbocycles. The van der Waals surface area contributed by atoms with Crippen LogP contribution in [0.3, 0.4) is 0 Å². The average Bonchev–Trinajstić information content (AvgIpc) is 2.12. The van der Waals surface area contributed by atoms with Crippen LogP contribution in [0.15, 0.2) is 29.4 Å². The van der Waals surface area contributed by atoms with Crippen LogP contribution >= 0.6 is 0 Å². The topological polar surface area (TPSA) is 32.6 Å². The number of aliphatic imine (C=N–C) groups is 1. The number of allylic oxidation sites excluding steroid dienone is 2. The Labute approximate surface area is 93.0 Å². The summed E-state index contributed by atoms with van der Waals surface area (Å²) in [6.45, 7) is 4.08. The predicted molar refractivity (Wildman–Crippen MR) is 49.5 cm³/mol. The first-order chi connectivity index (χ1) is 7.52. The van der Waals surface area contributed by atoms with Crippen LogP contribution in [-0.2, 0) is 0 Å².